The van der Waals surface area contributed by atoms with Crippen molar-refractivity contribution in [3.8, 4) is 0 Å². The Bertz CT molecular complexity index is 1070. The highest BCUT2D eigenvalue weighted by Gasteiger charge is 2.32. The van der Waals surface area contributed by atoms with E-state index in [9.17, 15) is 8.42 Å². The molecule has 2 aromatic heterocycles. The molecule has 160 valence electrons. The van der Waals surface area contributed by atoms with Gasteiger partial charge in [0.25, 0.3) is 0 Å². The summed E-state index contributed by atoms with van der Waals surface area (Å²) in [6.45, 7) is 7.18. The molecule has 0 N–H and O–H groups in total. The molecule has 0 amide bonds. The third-order valence-electron chi connectivity index (χ3n) is 5.48. The van der Waals surface area contributed by atoms with Crippen molar-refractivity contribution < 1.29 is 12.9 Å². The maximum atomic E-state index is 13.1. The van der Waals surface area contributed by atoms with E-state index in [0.717, 1.165) is 25.3 Å². The van der Waals surface area contributed by atoms with Crippen molar-refractivity contribution in [1.29, 1.82) is 0 Å². The molecule has 1 aliphatic heterocycles. The minimum absolute atomic E-state index is 0.203. The van der Waals surface area contributed by atoms with E-state index in [0.29, 0.717) is 37.6 Å². The first-order valence-corrected chi connectivity index (χ1v) is 11.6. The van der Waals surface area contributed by atoms with Gasteiger partial charge in [-0.25, -0.2) is 13.4 Å². The maximum Gasteiger partial charge on any atom is 0.248 e. The Labute approximate surface area is 177 Å². The normalized spacial score (nSPS) is 16.6. The van der Waals surface area contributed by atoms with E-state index in [1.54, 1.807) is 18.2 Å². The second-order valence-electron chi connectivity index (χ2n) is 7.64. The first-order valence-electron chi connectivity index (χ1n) is 10.1. The molecule has 9 heteroatoms. The van der Waals surface area contributed by atoms with Crippen LogP contribution in [0.15, 0.2) is 52.1 Å². The molecule has 1 saturated heterocycles. The summed E-state index contributed by atoms with van der Waals surface area (Å²) in [5, 5.41) is 3.81. The van der Waals surface area contributed by atoms with Gasteiger partial charge in [-0.3, -0.25) is 4.90 Å². The summed E-state index contributed by atoms with van der Waals surface area (Å²) in [5.74, 6) is 1.33. The van der Waals surface area contributed by atoms with E-state index < -0.39 is 10.0 Å². The van der Waals surface area contributed by atoms with E-state index in [4.69, 9.17) is 4.52 Å². The Morgan fingerprint density at radius 2 is 1.83 bits per heavy atom. The lowest BCUT2D eigenvalue weighted by molar-refractivity contribution is 0.268. The molecular weight excluding hydrogens is 402 g/mol. The Kier molecular flexibility index (Phi) is 6.03. The molecule has 0 radical (unpaired) electrons. The predicted molar refractivity (Wildman–Crippen MR) is 112 cm³/mol. The number of hydrogen-bond acceptors (Lipinski definition) is 6. The number of nitrogens with zero attached hydrogens (tertiary/aromatic N) is 5. The molecule has 0 saturated carbocycles. The van der Waals surface area contributed by atoms with Crippen LogP contribution in [0.1, 0.15) is 29.3 Å². The third kappa shape index (κ3) is 4.33. The number of aromatic nitrogens is 3. The third-order valence-corrected chi connectivity index (χ3v) is 7.62. The van der Waals surface area contributed by atoms with Crippen LogP contribution in [0.2, 0.25) is 0 Å². The fraction of sp³-hybridized carbons (Fsp3) is 0.429. The van der Waals surface area contributed by atoms with E-state index in [-0.39, 0.29) is 4.90 Å². The standard InChI is InChI=1S/C21H27N5O3S/c1-17-21(18(2)29-23-17)30(27,28)26-11-6-10-24(13-14-26)16-20-22-9-12-25(20)15-19-7-4-3-5-8-19/h3-5,7-9,12H,6,10-11,13-16H2,1-2H3. The number of aryl methyl sites for hydroxylation is 2. The summed E-state index contributed by atoms with van der Waals surface area (Å²) in [6.07, 6.45) is 4.58. The van der Waals surface area contributed by atoms with Crippen LogP contribution in [-0.4, -0.2) is 58.5 Å². The van der Waals surface area contributed by atoms with Gasteiger partial charge in [0.05, 0.1) is 6.54 Å². The smallest absolute Gasteiger partial charge is 0.248 e. The molecule has 0 bridgehead atoms. The van der Waals surface area contributed by atoms with Crippen molar-refractivity contribution in [2.24, 2.45) is 0 Å². The van der Waals surface area contributed by atoms with Crippen molar-refractivity contribution in [1.82, 2.24) is 23.9 Å². The van der Waals surface area contributed by atoms with E-state index in [1.807, 2.05) is 30.6 Å². The topological polar surface area (TPSA) is 84.5 Å². The van der Waals surface area contributed by atoms with Gasteiger partial charge in [-0.2, -0.15) is 4.31 Å². The molecule has 1 fully saturated rings. The van der Waals surface area contributed by atoms with Crippen LogP contribution in [0.25, 0.3) is 0 Å². The summed E-state index contributed by atoms with van der Waals surface area (Å²) in [6, 6.07) is 10.3. The molecule has 0 aliphatic carbocycles. The van der Waals surface area contributed by atoms with Crippen molar-refractivity contribution in [2.45, 2.75) is 38.3 Å². The van der Waals surface area contributed by atoms with Gasteiger partial charge in [0.15, 0.2) is 5.76 Å². The molecule has 0 spiro atoms. The van der Waals surface area contributed by atoms with Gasteiger partial charge < -0.3 is 9.09 Å². The zero-order valence-electron chi connectivity index (χ0n) is 17.4. The number of sulfonamides is 1. The second kappa shape index (κ2) is 8.71. The molecule has 0 atom stereocenters. The molecule has 3 heterocycles. The van der Waals surface area contributed by atoms with E-state index in [2.05, 4.69) is 31.7 Å². The number of rotatable bonds is 6. The van der Waals surface area contributed by atoms with Gasteiger partial charge in [0, 0.05) is 38.6 Å². The van der Waals surface area contributed by atoms with Gasteiger partial charge in [0.1, 0.15) is 16.4 Å². The second-order valence-corrected chi connectivity index (χ2v) is 9.52. The zero-order chi connectivity index (χ0) is 21.1. The molecule has 30 heavy (non-hydrogen) atoms. The minimum Gasteiger partial charge on any atom is -0.360 e. The van der Waals surface area contributed by atoms with Gasteiger partial charge in [-0.15, -0.1) is 0 Å². The fourth-order valence-electron chi connectivity index (χ4n) is 3.93. The van der Waals surface area contributed by atoms with Crippen LogP contribution in [0.3, 0.4) is 0 Å². The van der Waals surface area contributed by atoms with Crippen molar-refractivity contribution in [2.75, 3.05) is 26.2 Å². The van der Waals surface area contributed by atoms with E-state index in [1.165, 1.54) is 5.56 Å². The molecule has 8 nitrogen and oxygen atoms in total. The van der Waals surface area contributed by atoms with Crippen molar-refractivity contribution in [3.05, 3.63) is 65.6 Å². The lowest BCUT2D eigenvalue weighted by Crippen LogP contribution is -2.35. The highest BCUT2D eigenvalue weighted by atomic mass is 32.2. The Hall–Kier alpha value is -2.49. The number of hydrogen-bond donors (Lipinski definition) is 0. The summed E-state index contributed by atoms with van der Waals surface area (Å²) in [5.41, 5.74) is 1.64. The average Bonchev–Trinajstić information content (AvgIpc) is 3.20. The van der Waals surface area contributed by atoms with Gasteiger partial charge in [-0.1, -0.05) is 35.5 Å². The summed E-state index contributed by atoms with van der Waals surface area (Å²) in [4.78, 5) is 7.01. The van der Waals surface area contributed by atoms with Gasteiger partial charge in [-0.05, 0) is 32.4 Å². The number of imidazole rings is 1. The SMILES string of the molecule is Cc1noc(C)c1S(=O)(=O)N1CCCN(Cc2nccn2Cc2ccccc2)CC1. The molecule has 1 aromatic carbocycles. The lowest BCUT2D eigenvalue weighted by Gasteiger charge is -2.21. The Balaban J connectivity index is 1.43. The highest BCUT2D eigenvalue weighted by Crippen LogP contribution is 2.24. The van der Waals surface area contributed by atoms with E-state index >= 15 is 0 Å². The first kappa shape index (κ1) is 20.8. The summed E-state index contributed by atoms with van der Waals surface area (Å²) < 4.78 is 35.0. The molecule has 1 aliphatic rings. The van der Waals surface area contributed by atoms with Crippen LogP contribution < -0.4 is 0 Å². The minimum atomic E-state index is -3.61. The molecule has 4 rings (SSSR count). The maximum absolute atomic E-state index is 13.1. The Morgan fingerprint density at radius 3 is 2.57 bits per heavy atom. The van der Waals surface area contributed by atoms with Crippen LogP contribution in [0, 0.1) is 13.8 Å². The predicted octanol–water partition coefficient (Wildman–Crippen LogP) is 2.43. The lowest BCUT2D eigenvalue weighted by atomic mass is 10.2. The number of benzene rings is 1. The largest absolute Gasteiger partial charge is 0.360 e. The van der Waals surface area contributed by atoms with Crippen LogP contribution >= 0.6 is 0 Å². The van der Waals surface area contributed by atoms with Gasteiger partial charge >= 0.3 is 0 Å². The molecular formula is C21H27N5O3S. The summed E-state index contributed by atoms with van der Waals surface area (Å²) in [7, 11) is -3.61. The van der Waals surface area contributed by atoms with Crippen molar-refractivity contribution >= 4 is 10.0 Å². The summed E-state index contributed by atoms with van der Waals surface area (Å²) >= 11 is 0. The van der Waals surface area contributed by atoms with Gasteiger partial charge in [0.2, 0.25) is 10.0 Å². The quantitative estimate of drug-likeness (QED) is 0.598. The highest BCUT2D eigenvalue weighted by molar-refractivity contribution is 7.89. The van der Waals surface area contributed by atoms with Crippen LogP contribution in [0.5, 0.6) is 0 Å². The fourth-order valence-corrected chi connectivity index (χ4v) is 5.69. The van der Waals surface area contributed by atoms with Crippen LogP contribution in [0.4, 0.5) is 0 Å². The first-order chi connectivity index (χ1) is 14.4. The van der Waals surface area contributed by atoms with Crippen molar-refractivity contribution in [3.63, 3.8) is 0 Å². The Morgan fingerprint density at radius 1 is 1.03 bits per heavy atom. The zero-order valence-corrected chi connectivity index (χ0v) is 18.2. The molecule has 3 aromatic rings. The van der Waals surface area contributed by atoms with Crippen LogP contribution in [-0.2, 0) is 23.1 Å². The molecule has 0 unspecified atom stereocenters. The average molecular weight is 430 g/mol. The monoisotopic (exact) mass is 429 g/mol.